The van der Waals surface area contributed by atoms with Crippen LogP contribution < -0.4 is 0 Å². The Kier molecular flexibility index (Phi) is 15.1. The van der Waals surface area contributed by atoms with E-state index in [1.165, 1.54) is 51.4 Å². The first kappa shape index (κ1) is 26.4. The number of carbonyl (C=O) groups is 1. The summed E-state index contributed by atoms with van der Waals surface area (Å²) >= 11 is 0. The second kappa shape index (κ2) is 17.1. The molecule has 0 aliphatic heterocycles. The molecule has 1 aromatic rings. The molecular weight excluding hydrogens is 372 g/mol. The van der Waals surface area contributed by atoms with E-state index in [2.05, 4.69) is 19.1 Å². The van der Waals surface area contributed by atoms with Gasteiger partial charge in [0.15, 0.2) is 5.60 Å². The molecule has 0 aromatic heterocycles. The molecule has 30 heavy (non-hydrogen) atoms. The number of unbranched alkanes of at least 4 members (excludes halogenated alkanes) is 10. The second-order valence-electron chi connectivity index (χ2n) is 8.40. The molecule has 170 valence electrons. The van der Waals surface area contributed by atoms with E-state index >= 15 is 0 Å². The lowest BCUT2D eigenvalue weighted by Crippen LogP contribution is -2.42. The highest BCUT2D eigenvalue weighted by Gasteiger charge is 2.37. The highest BCUT2D eigenvalue weighted by Crippen LogP contribution is 2.23. The average molecular weight is 417 g/mol. The van der Waals surface area contributed by atoms with Crippen molar-refractivity contribution in [3.8, 4) is 0 Å². The Bertz CT molecular complexity index is 567. The normalized spacial score (nSPS) is 13.4. The smallest absolute Gasteiger partial charge is 0.338 e. The molecule has 0 saturated heterocycles. The van der Waals surface area contributed by atoms with Crippen molar-refractivity contribution in [1.82, 2.24) is 0 Å². The minimum absolute atomic E-state index is 0.293. The van der Waals surface area contributed by atoms with Gasteiger partial charge in [0.05, 0.1) is 6.61 Å². The fourth-order valence-electron chi connectivity index (χ4n) is 3.77. The fraction of sp³-hybridized carbons (Fsp3) is 0.667. The SMILES string of the molecule is CCCCCCCC/C=C\CCCCCCC(O)(Cc1ccccc1)C(=O)OCC. The topological polar surface area (TPSA) is 46.5 Å². The van der Waals surface area contributed by atoms with Crippen LogP contribution in [0, 0.1) is 0 Å². The number of hydrogen-bond donors (Lipinski definition) is 1. The van der Waals surface area contributed by atoms with Gasteiger partial charge in [0.1, 0.15) is 0 Å². The molecule has 0 radical (unpaired) electrons. The number of rotatable bonds is 18. The molecule has 3 heteroatoms. The number of ether oxygens (including phenoxy) is 1. The van der Waals surface area contributed by atoms with E-state index in [0.717, 1.165) is 31.2 Å². The van der Waals surface area contributed by atoms with Crippen molar-refractivity contribution in [3.05, 3.63) is 48.0 Å². The van der Waals surface area contributed by atoms with Crippen LogP contribution in [-0.2, 0) is 16.0 Å². The lowest BCUT2D eigenvalue weighted by atomic mass is 9.89. The fourth-order valence-corrected chi connectivity index (χ4v) is 3.77. The van der Waals surface area contributed by atoms with Crippen LogP contribution >= 0.6 is 0 Å². The first-order valence-corrected chi connectivity index (χ1v) is 12.2. The number of aliphatic hydroxyl groups is 1. The Hall–Kier alpha value is -1.61. The van der Waals surface area contributed by atoms with Crippen LogP contribution in [0.5, 0.6) is 0 Å². The lowest BCUT2D eigenvalue weighted by molar-refractivity contribution is -0.165. The molecule has 1 rings (SSSR count). The van der Waals surface area contributed by atoms with Crippen LogP contribution in [0.2, 0.25) is 0 Å². The molecule has 1 N–H and O–H groups in total. The van der Waals surface area contributed by atoms with Crippen LogP contribution in [0.1, 0.15) is 103 Å². The molecule has 0 spiro atoms. The minimum Gasteiger partial charge on any atom is -0.464 e. The number of benzene rings is 1. The molecule has 1 atom stereocenters. The summed E-state index contributed by atoms with van der Waals surface area (Å²) in [4.78, 5) is 12.4. The monoisotopic (exact) mass is 416 g/mol. The van der Waals surface area contributed by atoms with Crippen LogP contribution in [0.15, 0.2) is 42.5 Å². The Labute approximate surface area is 184 Å². The summed E-state index contributed by atoms with van der Waals surface area (Å²) in [5.41, 5.74) is -0.461. The van der Waals surface area contributed by atoms with Gasteiger partial charge in [-0.3, -0.25) is 0 Å². The van der Waals surface area contributed by atoms with E-state index in [0.29, 0.717) is 19.4 Å². The Morgan fingerprint density at radius 3 is 2.03 bits per heavy atom. The predicted octanol–water partition coefficient (Wildman–Crippen LogP) is 7.17. The first-order valence-electron chi connectivity index (χ1n) is 12.2. The molecule has 0 aliphatic carbocycles. The summed E-state index contributed by atoms with van der Waals surface area (Å²) in [7, 11) is 0. The number of carbonyl (C=O) groups excluding carboxylic acids is 1. The van der Waals surface area contributed by atoms with E-state index < -0.39 is 11.6 Å². The molecule has 0 heterocycles. The average Bonchev–Trinajstić information content (AvgIpc) is 2.75. The summed E-state index contributed by atoms with van der Waals surface area (Å²) in [6, 6.07) is 9.69. The number of esters is 1. The summed E-state index contributed by atoms with van der Waals surface area (Å²) < 4.78 is 5.15. The van der Waals surface area contributed by atoms with Crippen LogP contribution in [-0.4, -0.2) is 23.3 Å². The van der Waals surface area contributed by atoms with Gasteiger partial charge in [-0.2, -0.15) is 0 Å². The maximum atomic E-state index is 12.4. The van der Waals surface area contributed by atoms with Crippen molar-refractivity contribution in [2.45, 2.75) is 109 Å². The zero-order chi connectivity index (χ0) is 21.9. The molecule has 0 amide bonds. The third-order valence-electron chi connectivity index (χ3n) is 5.60. The van der Waals surface area contributed by atoms with Crippen LogP contribution in [0.4, 0.5) is 0 Å². The highest BCUT2D eigenvalue weighted by atomic mass is 16.5. The first-order chi connectivity index (χ1) is 14.6. The van der Waals surface area contributed by atoms with E-state index in [-0.39, 0.29) is 0 Å². The van der Waals surface area contributed by atoms with Gasteiger partial charge in [0.2, 0.25) is 0 Å². The van der Waals surface area contributed by atoms with Crippen molar-refractivity contribution < 1.29 is 14.6 Å². The van der Waals surface area contributed by atoms with E-state index in [1.54, 1.807) is 6.92 Å². The zero-order valence-electron chi connectivity index (χ0n) is 19.4. The Morgan fingerprint density at radius 2 is 1.43 bits per heavy atom. The maximum absolute atomic E-state index is 12.4. The van der Waals surface area contributed by atoms with Crippen molar-refractivity contribution in [2.75, 3.05) is 6.61 Å². The summed E-state index contributed by atoms with van der Waals surface area (Å²) in [6.07, 6.45) is 20.0. The summed E-state index contributed by atoms with van der Waals surface area (Å²) in [5, 5.41) is 11.0. The molecule has 1 aromatic carbocycles. The summed E-state index contributed by atoms with van der Waals surface area (Å²) in [6.45, 7) is 4.33. The molecule has 0 fully saturated rings. The lowest BCUT2D eigenvalue weighted by Gasteiger charge is -2.26. The zero-order valence-corrected chi connectivity index (χ0v) is 19.4. The second-order valence-corrected chi connectivity index (χ2v) is 8.40. The van der Waals surface area contributed by atoms with E-state index in [4.69, 9.17) is 4.74 Å². The maximum Gasteiger partial charge on any atom is 0.338 e. The van der Waals surface area contributed by atoms with Gasteiger partial charge in [0.25, 0.3) is 0 Å². The van der Waals surface area contributed by atoms with Gasteiger partial charge in [-0.15, -0.1) is 0 Å². The van der Waals surface area contributed by atoms with Gasteiger partial charge in [-0.1, -0.05) is 94.4 Å². The third-order valence-corrected chi connectivity index (χ3v) is 5.60. The molecule has 3 nitrogen and oxygen atoms in total. The van der Waals surface area contributed by atoms with Gasteiger partial charge in [0, 0.05) is 6.42 Å². The highest BCUT2D eigenvalue weighted by molar-refractivity contribution is 5.79. The van der Waals surface area contributed by atoms with E-state index in [1.807, 2.05) is 30.3 Å². The minimum atomic E-state index is -1.42. The van der Waals surface area contributed by atoms with Gasteiger partial charge in [-0.05, 0) is 51.0 Å². The molecule has 0 bridgehead atoms. The van der Waals surface area contributed by atoms with Crippen molar-refractivity contribution in [2.24, 2.45) is 0 Å². The van der Waals surface area contributed by atoms with Crippen molar-refractivity contribution in [3.63, 3.8) is 0 Å². The number of allylic oxidation sites excluding steroid dienone is 2. The van der Waals surface area contributed by atoms with Crippen molar-refractivity contribution in [1.29, 1.82) is 0 Å². The third kappa shape index (κ3) is 12.2. The molecule has 1 unspecified atom stereocenters. The van der Waals surface area contributed by atoms with Gasteiger partial charge < -0.3 is 9.84 Å². The van der Waals surface area contributed by atoms with Crippen LogP contribution in [0.25, 0.3) is 0 Å². The van der Waals surface area contributed by atoms with Gasteiger partial charge >= 0.3 is 5.97 Å². The largest absolute Gasteiger partial charge is 0.464 e. The quantitative estimate of drug-likeness (QED) is 0.157. The molecular formula is C27H44O3. The van der Waals surface area contributed by atoms with Crippen LogP contribution in [0.3, 0.4) is 0 Å². The van der Waals surface area contributed by atoms with Gasteiger partial charge in [-0.25, -0.2) is 4.79 Å². The number of hydrogen-bond acceptors (Lipinski definition) is 3. The summed E-state index contributed by atoms with van der Waals surface area (Å²) in [5.74, 6) is -0.494. The Morgan fingerprint density at radius 1 is 0.867 bits per heavy atom. The Balaban J connectivity index is 2.19. The molecule has 0 saturated carbocycles. The molecule has 0 aliphatic rings. The predicted molar refractivity (Wildman–Crippen MR) is 127 cm³/mol. The standard InChI is InChI=1S/C27H44O3/c1-3-5-6-7-8-9-10-11-12-13-14-15-16-20-23-27(29,26(28)30-4-2)24-25-21-18-17-19-22-25/h11-12,17-19,21-22,29H,3-10,13-16,20,23-24H2,1-2H3/b12-11-. The van der Waals surface area contributed by atoms with E-state index in [9.17, 15) is 9.90 Å². The van der Waals surface area contributed by atoms with Crippen molar-refractivity contribution >= 4 is 5.97 Å².